The summed E-state index contributed by atoms with van der Waals surface area (Å²) in [6.07, 6.45) is 1.86. The van der Waals surface area contributed by atoms with Gasteiger partial charge >= 0.3 is 37.7 Å². The van der Waals surface area contributed by atoms with E-state index < -0.39 is 41.6 Å². The molecular weight excluding hydrogens is 702 g/mol. The summed E-state index contributed by atoms with van der Waals surface area (Å²) >= 11 is 0. The predicted octanol–water partition coefficient (Wildman–Crippen LogP) is -1.52. The second kappa shape index (κ2) is 15.9. The van der Waals surface area contributed by atoms with E-state index in [0.29, 0.717) is 34.0 Å². The van der Waals surface area contributed by atoms with Gasteiger partial charge in [-0.15, -0.1) is 0 Å². The molecule has 0 radical (unpaired) electrons. The summed E-state index contributed by atoms with van der Waals surface area (Å²) in [7, 11) is -7.00. The van der Waals surface area contributed by atoms with Crippen LogP contribution in [0, 0.1) is 0 Å². The van der Waals surface area contributed by atoms with Gasteiger partial charge in [-0.25, -0.2) is 16.8 Å². The molecule has 0 amide bonds. The molecule has 2 aliphatic rings. The fraction of sp³-hybridized carbons (Fsp3) is 0.0588. The third-order valence-electron chi connectivity index (χ3n) is 7.74. The second-order valence-corrected chi connectivity index (χ2v) is 13.4. The van der Waals surface area contributed by atoms with E-state index in [9.17, 15) is 35.5 Å². The van der Waals surface area contributed by atoms with Crippen LogP contribution in [0.5, 0.6) is 11.5 Å². The summed E-state index contributed by atoms with van der Waals surface area (Å²) in [5.74, 6) is -0.551. The fourth-order valence-corrected chi connectivity index (χ4v) is 6.76. The van der Waals surface area contributed by atoms with Crippen LogP contribution in [0.15, 0.2) is 107 Å². The van der Waals surface area contributed by atoms with E-state index in [-0.39, 0.29) is 71.4 Å². The van der Waals surface area contributed by atoms with Gasteiger partial charge in [0.15, 0.2) is 0 Å². The van der Waals surface area contributed by atoms with Gasteiger partial charge in [0.1, 0.15) is 43.2 Å². The van der Waals surface area contributed by atoms with Crippen molar-refractivity contribution in [1.29, 1.82) is 0 Å². The molecule has 0 aliphatic heterocycles. The molecule has 52 heavy (non-hydrogen) atoms. The standard InChI is InChI=1S/C34H26N4O10S2.2Li/c1-47-29-15-19(11-13-25(29)35-37-27-17-31(49(41,42)43)21-7-3-5-9-23(21)33(27)39)20-12-14-26(30(16-20)48-2)36-38-28-18-32(50(44,45)46)22-8-4-6-10-24(22)34(28)40;;/h3-18,35-36H,1-2H3,(H,41,42,43)(H,44,45,46);;/q;2*+1/p-2. The van der Waals surface area contributed by atoms with Crippen molar-refractivity contribution in [2.75, 3.05) is 25.1 Å². The summed E-state index contributed by atoms with van der Waals surface area (Å²) in [5, 5.41) is 8.16. The van der Waals surface area contributed by atoms with E-state index in [2.05, 4.69) is 21.1 Å². The minimum atomic E-state index is -4.91. The van der Waals surface area contributed by atoms with Crippen LogP contribution in [0.3, 0.4) is 0 Å². The Bertz CT molecular complexity index is 2290. The van der Waals surface area contributed by atoms with E-state index in [4.69, 9.17) is 9.47 Å². The Morgan fingerprint density at radius 1 is 0.558 bits per heavy atom. The number of hydrogen-bond donors (Lipinski definition) is 2. The third-order valence-corrected chi connectivity index (χ3v) is 9.50. The summed E-state index contributed by atoms with van der Waals surface area (Å²) in [6, 6.07) is 21.7. The van der Waals surface area contributed by atoms with Crippen molar-refractivity contribution in [2.24, 2.45) is 10.2 Å². The van der Waals surface area contributed by atoms with Crippen molar-refractivity contribution >= 4 is 64.4 Å². The van der Waals surface area contributed by atoms with Gasteiger partial charge in [0, 0.05) is 22.3 Å². The molecule has 254 valence electrons. The van der Waals surface area contributed by atoms with Gasteiger partial charge in [-0.1, -0.05) is 60.7 Å². The zero-order valence-electron chi connectivity index (χ0n) is 28.0. The molecule has 0 saturated carbocycles. The van der Waals surface area contributed by atoms with Crippen LogP contribution in [0.2, 0.25) is 0 Å². The van der Waals surface area contributed by atoms with Crippen molar-refractivity contribution in [3.63, 3.8) is 0 Å². The number of methoxy groups -OCH3 is 2. The second-order valence-electron chi connectivity index (χ2n) is 10.7. The van der Waals surface area contributed by atoms with Gasteiger partial charge in [0.2, 0.25) is 11.6 Å². The fourth-order valence-electron chi connectivity index (χ4n) is 5.35. The first kappa shape index (κ1) is 40.0. The number of carbonyl (C=O) groups excluding carboxylic acids is 2. The molecule has 0 saturated heterocycles. The minimum Gasteiger partial charge on any atom is -0.744 e. The number of allylic oxidation sites excluding steroid dienone is 2. The zero-order chi connectivity index (χ0) is 35.8. The number of hydrogen-bond acceptors (Lipinski definition) is 14. The van der Waals surface area contributed by atoms with Crippen LogP contribution in [0.25, 0.3) is 20.9 Å². The number of nitrogens with zero attached hydrogens (tertiary/aromatic N) is 2. The predicted molar refractivity (Wildman–Crippen MR) is 184 cm³/mol. The van der Waals surface area contributed by atoms with Crippen molar-refractivity contribution in [3.8, 4) is 22.6 Å². The SMILES string of the molecule is COc1cc(-c2ccc(NN=C3C=C(S(=O)(=O)[O-])c4ccccc4C3=O)c(OC)c2)ccc1NN=C1C=C(S(=O)(=O)[O-])c2ccccc2C1=O.[Li+].[Li+]. The summed E-state index contributed by atoms with van der Waals surface area (Å²) in [5.41, 5.74) is 6.86. The Morgan fingerprint density at radius 2 is 0.904 bits per heavy atom. The van der Waals surface area contributed by atoms with Crippen LogP contribution in [0.1, 0.15) is 31.8 Å². The third kappa shape index (κ3) is 8.00. The quantitative estimate of drug-likeness (QED) is 0.114. The van der Waals surface area contributed by atoms with Gasteiger partial charge in [-0.05, 0) is 47.5 Å². The molecule has 0 unspecified atom stereocenters. The van der Waals surface area contributed by atoms with Crippen LogP contribution in [-0.4, -0.2) is 63.2 Å². The molecule has 0 heterocycles. The molecule has 0 atom stereocenters. The molecule has 0 aromatic heterocycles. The number of Topliss-reactive ketones (excluding diaryl/α,β-unsaturated/α-hetero) is 2. The van der Waals surface area contributed by atoms with E-state index in [1.54, 1.807) is 48.5 Å². The number of carbonyl (C=O) groups is 2. The van der Waals surface area contributed by atoms with Crippen molar-refractivity contribution in [2.45, 2.75) is 0 Å². The van der Waals surface area contributed by atoms with Crippen molar-refractivity contribution < 1.29 is 82.7 Å². The molecule has 6 rings (SSSR count). The summed E-state index contributed by atoms with van der Waals surface area (Å²) in [6.45, 7) is 0. The zero-order valence-corrected chi connectivity index (χ0v) is 29.7. The van der Waals surface area contributed by atoms with E-state index >= 15 is 0 Å². The van der Waals surface area contributed by atoms with Crippen molar-refractivity contribution in [3.05, 3.63) is 119 Å². The molecular formula is C34H24Li2N4O10S2. The van der Waals surface area contributed by atoms with E-state index in [1.165, 1.54) is 50.6 Å². The van der Waals surface area contributed by atoms with Crippen LogP contribution in [0.4, 0.5) is 11.4 Å². The average molecular weight is 727 g/mol. The molecule has 4 aromatic carbocycles. The Labute approximate surface area is 322 Å². The Kier molecular flexibility index (Phi) is 12.2. The van der Waals surface area contributed by atoms with Gasteiger partial charge in [-0.2, -0.15) is 10.2 Å². The monoisotopic (exact) mass is 726 g/mol. The number of benzene rings is 4. The molecule has 0 spiro atoms. The maximum absolute atomic E-state index is 13.0. The van der Waals surface area contributed by atoms with Crippen LogP contribution < -0.4 is 58.0 Å². The number of fused-ring (bicyclic) bond motifs is 2. The summed E-state index contributed by atoms with van der Waals surface area (Å²) < 4.78 is 82.6. The number of ether oxygens (including phenoxy) is 2. The minimum absolute atomic E-state index is 0. The maximum atomic E-state index is 13.0. The van der Waals surface area contributed by atoms with Gasteiger partial charge in [-0.3, -0.25) is 20.4 Å². The first-order valence-corrected chi connectivity index (χ1v) is 17.3. The normalized spacial score (nSPS) is 15.3. The topological polar surface area (TPSA) is 216 Å². The number of ketones is 2. The first-order valence-electron chi connectivity index (χ1n) is 14.5. The van der Waals surface area contributed by atoms with Crippen LogP contribution >= 0.6 is 0 Å². The maximum Gasteiger partial charge on any atom is 1.00 e. The molecule has 0 bridgehead atoms. The molecule has 4 aromatic rings. The van der Waals surface area contributed by atoms with Crippen LogP contribution in [-0.2, 0) is 20.2 Å². The number of rotatable bonds is 9. The van der Waals surface area contributed by atoms with Gasteiger partial charge in [0.25, 0.3) is 0 Å². The van der Waals surface area contributed by atoms with Gasteiger partial charge < -0.3 is 18.6 Å². The Hall–Kier alpha value is -4.75. The number of nitrogens with one attached hydrogen (secondary N) is 2. The van der Waals surface area contributed by atoms with Crippen molar-refractivity contribution in [1.82, 2.24) is 0 Å². The molecule has 0 fully saturated rings. The smallest absolute Gasteiger partial charge is 0.744 e. The molecule has 2 aliphatic carbocycles. The average Bonchev–Trinajstić information content (AvgIpc) is 3.10. The molecule has 18 heteroatoms. The Balaban J connectivity index is 0.00000302. The molecule has 2 N–H and O–H groups in total. The largest absolute Gasteiger partial charge is 1.00 e. The molecule has 14 nitrogen and oxygen atoms in total. The van der Waals surface area contributed by atoms with E-state index in [1.807, 2.05) is 0 Å². The number of hydrazone groups is 2. The number of anilines is 2. The van der Waals surface area contributed by atoms with Gasteiger partial charge in [0.05, 0.1) is 35.4 Å². The summed E-state index contributed by atoms with van der Waals surface area (Å²) in [4.78, 5) is 24.9. The van der Waals surface area contributed by atoms with E-state index in [0.717, 1.165) is 12.2 Å². The Morgan fingerprint density at radius 3 is 1.23 bits per heavy atom. The first-order chi connectivity index (χ1) is 23.8.